The normalized spacial score (nSPS) is 11.0. The van der Waals surface area contributed by atoms with Gasteiger partial charge in [-0.15, -0.1) is 0 Å². The second kappa shape index (κ2) is 4.80. The van der Waals surface area contributed by atoms with Crippen molar-refractivity contribution in [3.8, 4) is 5.75 Å². The molecule has 18 heavy (non-hydrogen) atoms. The highest BCUT2D eigenvalue weighted by Crippen LogP contribution is 2.30. The summed E-state index contributed by atoms with van der Waals surface area (Å²) >= 11 is 0. The molecule has 2 rings (SSSR count). The molecule has 1 aromatic heterocycles. The summed E-state index contributed by atoms with van der Waals surface area (Å²) < 4.78 is 18.7. The van der Waals surface area contributed by atoms with Crippen molar-refractivity contribution in [2.75, 3.05) is 19.5 Å². The van der Waals surface area contributed by atoms with E-state index in [0.717, 1.165) is 16.8 Å². The molecule has 0 saturated heterocycles. The molecular formula is C14H17FN2O. The van der Waals surface area contributed by atoms with Crippen molar-refractivity contribution in [2.45, 2.75) is 19.8 Å². The lowest BCUT2D eigenvalue weighted by Crippen LogP contribution is -1.99. The van der Waals surface area contributed by atoms with Gasteiger partial charge in [-0.3, -0.25) is 4.98 Å². The molecule has 1 N–H and O–H groups in total. The summed E-state index contributed by atoms with van der Waals surface area (Å²) in [6.45, 7) is 4.13. The van der Waals surface area contributed by atoms with Gasteiger partial charge in [-0.2, -0.15) is 0 Å². The van der Waals surface area contributed by atoms with Gasteiger partial charge in [-0.25, -0.2) is 4.39 Å². The van der Waals surface area contributed by atoms with Gasteiger partial charge in [0.05, 0.1) is 12.6 Å². The SMILES string of the molecule is CNc1cc(C(C)C)nc2cc(F)c(OC)cc12. The molecule has 0 radical (unpaired) electrons. The van der Waals surface area contributed by atoms with Crippen molar-refractivity contribution in [3.05, 3.63) is 29.7 Å². The molecule has 4 heteroatoms. The van der Waals surface area contributed by atoms with E-state index in [2.05, 4.69) is 24.1 Å². The van der Waals surface area contributed by atoms with Crippen LogP contribution in [0.25, 0.3) is 10.9 Å². The first-order valence-electron chi connectivity index (χ1n) is 5.92. The quantitative estimate of drug-likeness (QED) is 0.902. The number of methoxy groups -OCH3 is 1. The van der Waals surface area contributed by atoms with Crippen molar-refractivity contribution < 1.29 is 9.13 Å². The molecule has 0 fully saturated rings. The Labute approximate surface area is 106 Å². The van der Waals surface area contributed by atoms with Crippen molar-refractivity contribution in [1.82, 2.24) is 4.98 Å². The van der Waals surface area contributed by atoms with E-state index in [1.165, 1.54) is 13.2 Å². The first kappa shape index (κ1) is 12.6. The van der Waals surface area contributed by atoms with Gasteiger partial charge in [0, 0.05) is 29.9 Å². The molecular weight excluding hydrogens is 231 g/mol. The number of fused-ring (bicyclic) bond motifs is 1. The molecule has 0 aliphatic carbocycles. The molecule has 1 heterocycles. The fourth-order valence-corrected chi connectivity index (χ4v) is 1.91. The Bertz CT molecular complexity index is 582. The predicted molar refractivity (Wildman–Crippen MR) is 71.9 cm³/mol. The summed E-state index contributed by atoms with van der Waals surface area (Å²) in [6, 6.07) is 5.08. The van der Waals surface area contributed by atoms with E-state index >= 15 is 0 Å². The molecule has 0 bridgehead atoms. The Morgan fingerprint density at radius 2 is 2.00 bits per heavy atom. The van der Waals surface area contributed by atoms with Gasteiger partial charge >= 0.3 is 0 Å². The van der Waals surface area contributed by atoms with Crippen LogP contribution in [0.1, 0.15) is 25.5 Å². The molecule has 0 unspecified atom stereocenters. The van der Waals surface area contributed by atoms with Gasteiger partial charge in [0.2, 0.25) is 0 Å². The molecule has 0 aliphatic rings. The number of benzene rings is 1. The predicted octanol–water partition coefficient (Wildman–Crippen LogP) is 3.55. The lowest BCUT2D eigenvalue weighted by molar-refractivity contribution is 0.387. The summed E-state index contributed by atoms with van der Waals surface area (Å²) in [7, 11) is 3.30. The van der Waals surface area contributed by atoms with Crippen LogP contribution in [0.3, 0.4) is 0 Å². The van der Waals surface area contributed by atoms with Crippen LogP contribution >= 0.6 is 0 Å². The van der Waals surface area contributed by atoms with Crippen molar-refractivity contribution >= 4 is 16.6 Å². The third-order valence-electron chi connectivity index (χ3n) is 2.96. The summed E-state index contributed by atoms with van der Waals surface area (Å²) in [5.41, 5.74) is 2.52. The maximum atomic E-state index is 13.7. The van der Waals surface area contributed by atoms with E-state index in [4.69, 9.17) is 4.74 Å². The van der Waals surface area contributed by atoms with Crippen LogP contribution in [-0.4, -0.2) is 19.1 Å². The van der Waals surface area contributed by atoms with Crippen LogP contribution in [-0.2, 0) is 0 Å². The fourth-order valence-electron chi connectivity index (χ4n) is 1.91. The van der Waals surface area contributed by atoms with E-state index in [1.807, 2.05) is 13.1 Å². The van der Waals surface area contributed by atoms with Crippen LogP contribution in [0.2, 0.25) is 0 Å². The Morgan fingerprint density at radius 1 is 1.28 bits per heavy atom. The highest BCUT2D eigenvalue weighted by Gasteiger charge is 2.12. The van der Waals surface area contributed by atoms with Crippen molar-refractivity contribution in [1.29, 1.82) is 0 Å². The van der Waals surface area contributed by atoms with E-state index in [-0.39, 0.29) is 11.6 Å². The minimum Gasteiger partial charge on any atom is -0.494 e. The number of hydrogen-bond donors (Lipinski definition) is 1. The molecule has 0 saturated carbocycles. The summed E-state index contributed by atoms with van der Waals surface area (Å²) in [6.07, 6.45) is 0. The van der Waals surface area contributed by atoms with Gasteiger partial charge in [-0.1, -0.05) is 13.8 Å². The Hall–Kier alpha value is -1.84. The number of hydrogen-bond acceptors (Lipinski definition) is 3. The molecule has 0 amide bonds. The molecule has 0 atom stereocenters. The lowest BCUT2D eigenvalue weighted by atomic mass is 10.1. The third-order valence-corrected chi connectivity index (χ3v) is 2.96. The van der Waals surface area contributed by atoms with Gasteiger partial charge in [0.25, 0.3) is 0 Å². The van der Waals surface area contributed by atoms with Gasteiger partial charge in [0.1, 0.15) is 0 Å². The maximum Gasteiger partial charge on any atom is 0.167 e. The van der Waals surface area contributed by atoms with Gasteiger partial charge in [0.15, 0.2) is 11.6 Å². The summed E-state index contributed by atoms with van der Waals surface area (Å²) in [5, 5.41) is 3.98. The summed E-state index contributed by atoms with van der Waals surface area (Å²) in [4.78, 5) is 4.48. The van der Waals surface area contributed by atoms with E-state index < -0.39 is 0 Å². The number of anilines is 1. The molecule has 3 nitrogen and oxygen atoms in total. The zero-order valence-corrected chi connectivity index (χ0v) is 11.0. The Kier molecular flexibility index (Phi) is 3.36. The summed E-state index contributed by atoms with van der Waals surface area (Å²) in [5.74, 6) is 0.144. The fraction of sp³-hybridized carbons (Fsp3) is 0.357. The molecule has 1 aromatic carbocycles. The van der Waals surface area contributed by atoms with Crippen LogP contribution in [0, 0.1) is 5.82 Å². The zero-order valence-electron chi connectivity index (χ0n) is 11.0. The monoisotopic (exact) mass is 248 g/mol. The smallest absolute Gasteiger partial charge is 0.167 e. The number of halogens is 1. The van der Waals surface area contributed by atoms with E-state index in [0.29, 0.717) is 11.4 Å². The first-order chi connectivity index (χ1) is 8.56. The van der Waals surface area contributed by atoms with Crippen molar-refractivity contribution in [3.63, 3.8) is 0 Å². The molecule has 96 valence electrons. The largest absolute Gasteiger partial charge is 0.494 e. The average Bonchev–Trinajstić information content (AvgIpc) is 2.36. The molecule has 2 aromatic rings. The topological polar surface area (TPSA) is 34.2 Å². The first-order valence-corrected chi connectivity index (χ1v) is 5.92. The lowest BCUT2D eigenvalue weighted by Gasteiger charge is -2.12. The number of rotatable bonds is 3. The zero-order chi connectivity index (χ0) is 13.3. The average molecular weight is 248 g/mol. The number of ether oxygens (including phenoxy) is 1. The highest BCUT2D eigenvalue weighted by molar-refractivity contribution is 5.92. The maximum absolute atomic E-state index is 13.7. The van der Waals surface area contributed by atoms with Crippen LogP contribution in [0.4, 0.5) is 10.1 Å². The Morgan fingerprint density at radius 3 is 2.56 bits per heavy atom. The highest BCUT2D eigenvalue weighted by atomic mass is 19.1. The number of aromatic nitrogens is 1. The minimum absolute atomic E-state index is 0.234. The van der Waals surface area contributed by atoms with E-state index in [9.17, 15) is 4.39 Å². The third kappa shape index (κ3) is 2.10. The van der Waals surface area contributed by atoms with Gasteiger partial charge < -0.3 is 10.1 Å². The van der Waals surface area contributed by atoms with Crippen LogP contribution < -0.4 is 10.1 Å². The number of nitrogens with one attached hydrogen (secondary N) is 1. The minimum atomic E-state index is -0.388. The number of nitrogens with zero attached hydrogens (tertiary/aromatic N) is 1. The second-order valence-corrected chi connectivity index (χ2v) is 4.50. The molecule has 0 aliphatic heterocycles. The van der Waals surface area contributed by atoms with Crippen LogP contribution in [0.15, 0.2) is 18.2 Å². The second-order valence-electron chi connectivity index (χ2n) is 4.50. The standard InChI is InChI=1S/C14H17FN2O/c1-8(2)11-7-12(16-3)9-5-14(18-4)10(15)6-13(9)17-11/h5-8H,1-4H3,(H,16,17). The van der Waals surface area contributed by atoms with Crippen molar-refractivity contribution in [2.24, 2.45) is 0 Å². The van der Waals surface area contributed by atoms with Gasteiger partial charge in [-0.05, 0) is 18.1 Å². The Balaban J connectivity index is 2.75. The van der Waals surface area contributed by atoms with E-state index in [1.54, 1.807) is 6.07 Å². The van der Waals surface area contributed by atoms with Crippen LogP contribution in [0.5, 0.6) is 5.75 Å². The molecule has 0 spiro atoms. The number of pyridine rings is 1.